The lowest BCUT2D eigenvalue weighted by atomic mass is 10.2. The minimum Gasteiger partial charge on any atom is -0.454 e. The fraction of sp³-hybridized carbons (Fsp3) is 0.200. The number of hydrogen-bond acceptors (Lipinski definition) is 3. The van der Waals surface area contributed by atoms with Crippen LogP contribution in [0.25, 0.3) is 0 Å². The van der Waals surface area contributed by atoms with Gasteiger partial charge in [0.15, 0.2) is 10.5 Å². The molecule has 2 heterocycles. The van der Waals surface area contributed by atoms with E-state index in [4.69, 9.17) is 4.42 Å². The molecule has 4 nitrogen and oxygen atoms in total. The Kier molecular flexibility index (Phi) is 2.73. The van der Waals surface area contributed by atoms with Gasteiger partial charge in [-0.15, -0.1) is 0 Å². The third-order valence-corrected chi connectivity index (χ3v) is 2.46. The fourth-order valence-electron chi connectivity index (χ4n) is 1.32. The standard InChI is InChI=1S/C10H9BrN2O2/c1-13-5-4-12-10(13)8(14)6-7-2-3-9(11)15-7/h2-5H,6H2,1H3. The molecule has 0 atom stereocenters. The van der Waals surface area contributed by atoms with Gasteiger partial charge in [-0.2, -0.15) is 0 Å². The molecule has 0 saturated carbocycles. The number of carbonyl (C=O) groups excluding carboxylic acids is 1. The van der Waals surface area contributed by atoms with Crippen LogP contribution < -0.4 is 0 Å². The highest BCUT2D eigenvalue weighted by Crippen LogP contribution is 2.15. The first-order valence-electron chi connectivity index (χ1n) is 4.41. The van der Waals surface area contributed by atoms with Crippen molar-refractivity contribution in [2.24, 2.45) is 7.05 Å². The summed E-state index contributed by atoms with van der Waals surface area (Å²) < 4.78 is 7.58. The Bertz CT molecular complexity index is 487. The molecule has 2 aromatic heterocycles. The van der Waals surface area contributed by atoms with Gasteiger partial charge in [0.2, 0.25) is 5.78 Å². The van der Waals surface area contributed by atoms with Crippen LogP contribution in [0.4, 0.5) is 0 Å². The summed E-state index contributed by atoms with van der Waals surface area (Å²) in [4.78, 5) is 15.7. The van der Waals surface area contributed by atoms with E-state index in [0.29, 0.717) is 16.3 Å². The van der Waals surface area contributed by atoms with Crippen molar-refractivity contribution in [2.75, 3.05) is 0 Å². The van der Waals surface area contributed by atoms with E-state index in [9.17, 15) is 4.79 Å². The Hall–Kier alpha value is -1.36. The third-order valence-electron chi connectivity index (χ3n) is 2.03. The van der Waals surface area contributed by atoms with E-state index in [1.165, 1.54) is 0 Å². The minimum absolute atomic E-state index is 0.0515. The zero-order valence-corrected chi connectivity index (χ0v) is 9.69. The molecule has 0 aliphatic carbocycles. The van der Waals surface area contributed by atoms with Gasteiger partial charge < -0.3 is 8.98 Å². The molecule has 0 spiro atoms. The van der Waals surface area contributed by atoms with Crippen LogP contribution in [0.1, 0.15) is 16.4 Å². The molecule has 2 aromatic rings. The van der Waals surface area contributed by atoms with Crippen molar-refractivity contribution in [1.29, 1.82) is 0 Å². The Morgan fingerprint density at radius 3 is 2.93 bits per heavy atom. The summed E-state index contributed by atoms with van der Waals surface area (Å²) in [6, 6.07) is 3.53. The molecule has 0 aromatic carbocycles. The number of aryl methyl sites for hydroxylation is 1. The number of halogens is 1. The van der Waals surface area contributed by atoms with Crippen LogP contribution in [-0.4, -0.2) is 15.3 Å². The SMILES string of the molecule is Cn1ccnc1C(=O)Cc1ccc(Br)o1. The number of Topliss-reactive ketones (excluding diaryl/α,β-unsaturated/α-hetero) is 1. The summed E-state index contributed by atoms with van der Waals surface area (Å²) in [6.45, 7) is 0. The highest BCUT2D eigenvalue weighted by Gasteiger charge is 2.13. The van der Waals surface area contributed by atoms with E-state index in [1.807, 2.05) is 0 Å². The summed E-state index contributed by atoms with van der Waals surface area (Å²) in [7, 11) is 1.79. The average Bonchev–Trinajstić information content (AvgIpc) is 2.75. The lowest BCUT2D eigenvalue weighted by molar-refractivity contribution is 0.0974. The topological polar surface area (TPSA) is 48.0 Å². The first-order valence-corrected chi connectivity index (χ1v) is 5.21. The van der Waals surface area contributed by atoms with Crippen LogP contribution >= 0.6 is 15.9 Å². The number of furan rings is 1. The lowest BCUT2D eigenvalue weighted by Gasteiger charge is -1.98. The number of ketones is 1. The van der Waals surface area contributed by atoms with Crippen molar-refractivity contribution in [1.82, 2.24) is 9.55 Å². The zero-order valence-electron chi connectivity index (χ0n) is 8.11. The van der Waals surface area contributed by atoms with Crippen molar-refractivity contribution < 1.29 is 9.21 Å². The first kappa shape index (κ1) is 10.2. The summed E-state index contributed by atoms with van der Waals surface area (Å²) >= 11 is 3.19. The highest BCUT2D eigenvalue weighted by molar-refractivity contribution is 9.10. The molecular formula is C10H9BrN2O2. The Labute approximate surface area is 95.0 Å². The first-order chi connectivity index (χ1) is 7.16. The van der Waals surface area contributed by atoms with E-state index < -0.39 is 0 Å². The maximum atomic E-state index is 11.7. The Balaban J connectivity index is 2.14. The molecule has 0 amide bonds. The molecule has 0 radical (unpaired) electrons. The maximum Gasteiger partial charge on any atom is 0.205 e. The summed E-state index contributed by atoms with van der Waals surface area (Å²) in [5.41, 5.74) is 0. The van der Waals surface area contributed by atoms with E-state index in [1.54, 1.807) is 36.1 Å². The molecule has 5 heteroatoms. The van der Waals surface area contributed by atoms with E-state index in [2.05, 4.69) is 20.9 Å². The summed E-state index contributed by atoms with van der Waals surface area (Å²) in [5, 5.41) is 0. The predicted molar refractivity (Wildman–Crippen MR) is 57.7 cm³/mol. The number of hydrogen-bond donors (Lipinski definition) is 0. The normalized spacial score (nSPS) is 10.5. The van der Waals surface area contributed by atoms with Crippen molar-refractivity contribution in [3.05, 3.63) is 40.8 Å². The molecule has 0 aliphatic heterocycles. The Morgan fingerprint density at radius 2 is 2.40 bits per heavy atom. The van der Waals surface area contributed by atoms with Gasteiger partial charge in [-0.25, -0.2) is 4.98 Å². The monoisotopic (exact) mass is 268 g/mol. The van der Waals surface area contributed by atoms with Crippen LogP contribution in [0.15, 0.2) is 33.6 Å². The van der Waals surface area contributed by atoms with Gasteiger partial charge in [-0.05, 0) is 28.1 Å². The fourth-order valence-corrected chi connectivity index (χ4v) is 1.66. The molecule has 0 aliphatic rings. The Morgan fingerprint density at radius 1 is 1.60 bits per heavy atom. The smallest absolute Gasteiger partial charge is 0.205 e. The second-order valence-corrected chi connectivity index (χ2v) is 3.95. The second-order valence-electron chi connectivity index (χ2n) is 3.17. The number of rotatable bonds is 3. The lowest BCUT2D eigenvalue weighted by Crippen LogP contribution is -2.09. The number of nitrogens with zero attached hydrogens (tertiary/aromatic N) is 2. The van der Waals surface area contributed by atoms with E-state index in [0.717, 1.165) is 0 Å². The molecular weight excluding hydrogens is 260 g/mol. The quantitative estimate of drug-likeness (QED) is 0.802. The van der Waals surface area contributed by atoms with Crippen molar-refractivity contribution in [2.45, 2.75) is 6.42 Å². The van der Waals surface area contributed by atoms with Crippen LogP contribution in [-0.2, 0) is 13.5 Å². The van der Waals surface area contributed by atoms with Gasteiger partial charge in [0.1, 0.15) is 5.76 Å². The molecule has 0 fully saturated rings. The van der Waals surface area contributed by atoms with E-state index >= 15 is 0 Å². The minimum atomic E-state index is -0.0515. The molecule has 0 bridgehead atoms. The van der Waals surface area contributed by atoms with Crippen molar-refractivity contribution in [3.8, 4) is 0 Å². The van der Waals surface area contributed by atoms with Crippen LogP contribution in [0.2, 0.25) is 0 Å². The summed E-state index contributed by atoms with van der Waals surface area (Å²) in [6.07, 6.45) is 3.58. The number of carbonyl (C=O) groups is 1. The largest absolute Gasteiger partial charge is 0.454 e. The van der Waals surface area contributed by atoms with Gasteiger partial charge in [0.05, 0.1) is 6.42 Å². The van der Waals surface area contributed by atoms with Gasteiger partial charge in [0.25, 0.3) is 0 Å². The van der Waals surface area contributed by atoms with Crippen LogP contribution in [0, 0.1) is 0 Å². The maximum absolute atomic E-state index is 11.7. The van der Waals surface area contributed by atoms with Gasteiger partial charge in [-0.1, -0.05) is 0 Å². The summed E-state index contributed by atoms with van der Waals surface area (Å²) in [5.74, 6) is 1.03. The molecule has 78 valence electrons. The molecule has 0 saturated heterocycles. The van der Waals surface area contributed by atoms with Crippen LogP contribution in [0.5, 0.6) is 0 Å². The average molecular weight is 269 g/mol. The van der Waals surface area contributed by atoms with Gasteiger partial charge in [-0.3, -0.25) is 4.79 Å². The third kappa shape index (κ3) is 2.18. The number of imidazole rings is 1. The van der Waals surface area contributed by atoms with Crippen LogP contribution in [0.3, 0.4) is 0 Å². The van der Waals surface area contributed by atoms with Gasteiger partial charge >= 0.3 is 0 Å². The van der Waals surface area contributed by atoms with Crippen molar-refractivity contribution >= 4 is 21.7 Å². The highest BCUT2D eigenvalue weighted by atomic mass is 79.9. The number of aromatic nitrogens is 2. The van der Waals surface area contributed by atoms with E-state index in [-0.39, 0.29) is 12.2 Å². The second kappa shape index (κ2) is 4.02. The zero-order chi connectivity index (χ0) is 10.8. The molecule has 2 rings (SSSR count). The van der Waals surface area contributed by atoms with Crippen molar-refractivity contribution in [3.63, 3.8) is 0 Å². The van der Waals surface area contributed by atoms with Gasteiger partial charge in [0, 0.05) is 19.4 Å². The predicted octanol–water partition coefficient (Wildman–Crippen LogP) is 2.20. The molecule has 0 unspecified atom stereocenters. The molecule has 0 N–H and O–H groups in total. The molecule has 15 heavy (non-hydrogen) atoms.